The predicted octanol–water partition coefficient (Wildman–Crippen LogP) is 5.40. The van der Waals surface area contributed by atoms with Gasteiger partial charge >= 0.3 is 0 Å². The van der Waals surface area contributed by atoms with Crippen LogP contribution >= 0.6 is 11.3 Å². The van der Waals surface area contributed by atoms with Crippen LogP contribution in [0.2, 0.25) is 0 Å². The van der Waals surface area contributed by atoms with Crippen molar-refractivity contribution in [2.45, 2.75) is 43.7 Å². The Balaban J connectivity index is 1.41. The molecule has 0 amide bonds. The maximum atomic E-state index is 14.8. The van der Waals surface area contributed by atoms with Gasteiger partial charge in [-0.25, -0.2) is 23.1 Å². The highest BCUT2D eigenvalue weighted by Crippen LogP contribution is 2.41. The summed E-state index contributed by atoms with van der Waals surface area (Å²) < 4.78 is 51.2. The van der Waals surface area contributed by atoms with Gasteiger partial charge in [-0.05, 0) is 37.8 Å². The molecule has 0 unspecified atom stereocenters. The molecule has 1 aromatic carbocycles. The minimum atomic E-state index is -1.52. The van der Waals surface area contributed by atoms with Crippen LogP contribution in [-0.4, -0.2) is 45.4 Å². The van der Waals surface area contributed by atoms with E-state index >= 15 is 0 Å². The summed E-state index contributed by atoms with van der Waals surface area (Å²) in [6.07, 6.45) is 7.35. The molecule has 182 valence electrons. The smallest absolute Gasteiger partial charge is 0.195 e. The zero-order valence-corrected chi connectivity index (χ0v) is 20.0. The average Bonchev–Trinajstić information content (AvgIpc) is 3.41. The van der Waals surface area contributed by atoms with Crippen LogP contribution < -0.4 is 4.90 Å². The van der Waals surface area contributed by atoms with Crippen molar-refractivity contribution in [3.05, 3.63) is 53.4 Å². The molecule has 4 aromatic rings. The summed E-state index contributed by atoms with van der Waals surface area (Å²) in [6, 6.07) is 2.61. The molecule has 0 spiro atoms. The molecule has 6 rings (SSSR count). The van der Waals surface area contributed by atoms with Crippen molar-refractivity contribution in [3.8, 4) is 11.3 Å². The van der Waals surface area contributed by atoms with E-state index in [1.807, 2.05) is 36.1 Å². The van der Waals surface area contributed by atoms with Crippen LogP contribution in [-0.2, 0) is 4.74 Å². The third-order valence-corrected chi connectivity index (χ3v) is 7.72. The number of benzene rings is 1. The van der Waals surface area contributed by atoms with E-state index in [0.29, 0.717) is 46.8 Å². The van der Waals surface area contributed by atoms with E-state index in [2.05, 4.69) is 10.1 Å². The normalized spacial score (nSPS) is 20.5. The maximum absolute atomic E-state index is 14.8. The third-order valence-electron chi connectivity index (χ3n) is 6.50. The second-order valence-electron chi connectivity index (χ2n) is 9.26. The summed E-state index contributed by atoms with van der Waals surface area (Å²) in [5.41, 5.74) is 1.53. The molecule has 2 aliphatic rings. The van der Waals surface area contributed by atoms with Crippen LogP contribution in [0, 0.1) is 17.5 Å². The molecule has 3 aromatic heterocycles. The summed E-state index contributed by atoms with van der Waals surface area (Å²) in [5, 5.41) is 5.13. The Morgan fingerprint density at radius 1 is 1.06 bits per heavy atom. The average molecular weight is 501 g/mol. The van der Waals surface area contributed by atoms with Gasteiger partial charge in [0, 0.05) is 43.9 Å². The minimum absolute atomic E-state index is 0.0703. The Hall–Kier alpha value is -3.05. The van der Waals surface area contributed by atoms with Crippen molar-refractivity contribution in [3.63, 3.8) is 0 Å². The van der Waals surface area contributed by atoms with Gasteiger partial charge in [0.05, 0.1) is 24.0 Å². The van der Waals surface area contributed by atoms with Gasteiger partial charge in [0.2, 0.25) is 0 Å². The highest BCUT2D eigenvalue weighted by atomic mass is 32.1. The van der Waals surface area contributed by atoms with Crippen LogP contribution in [0.25, 0.3) is 21.6 Å². The summed E-state index contributed by atoms with van der Waals surface area (Å²) in [6.45, 7) is 0.514. The molecular formula is C24H23F3N6OS. The highest BCUT2D eigenvalue weighted by Gasteiger charge is 2.31. The summed E-state index contributed by atoms with van der Waals surface area (Å²) in [4.78, 5) is 15.8. The zero-order valence-electron chi connectivity index (χ0n) is 19.2. The molecular weight excluding hydrogens is 477 g/mol. The largest absolute Gasteiger partial charge is 0.373 e. The molecule has 0 radical (unpaired) electrons. The first-order valence-electron chi connectivity index (χ1n) is 11.5. The van der Waals surface area contributed by atoms with Gasteiger partial charge in [-0.15, -0.1) is 0 Å². The zero-order chi connectivity index (χ0) is 24.3. The molecule has 1 aliphatic carbocycles. The van der Waals surface area contributed by atoms with Crippen LogP contribution in [0.5, 0.6) is 0 Å². The Bertz CT molecular complexity index is 1420. The van der Waals surface area contributed by atoms with E-state index in [1.54, 1.807) is 0 Å². The molecule has 1 aliphatic heterocycles. The van der Waals surface area contributed by atoms with E-state index in [1.165, 1.54) is 17.4 Å². The molecule has 2 atom stereocenters. The predicted molar refractivity (Wildman–Crippen MR) is 126 cm³/mol. The Morgan fingerprint density at radius 3 is 2.66 bits per heavy atom. The number of ether oxygens (including phenoxy) is 1. The number of hydrogen-bond donors (Lipinski definition) is 0. The van der Waals surface area contributed by atoms with E-state index in [9.17, 15) is 13.2 Å². The number of hydrogen-bond acceptors (Lipinski definition) is 7. The molecule has 1 saturated heterocycles. The first-order chi connectivity index (χ1) is 16.9. The Labute approximate surface area is 203 Å². The number of anilines is 1. The lowest BCUT2D eigenvalue weighted by molar-refractivity contribution is 0.00396. The van der Waals surface area contributed by atoms with Crippen molar-refractivity contribution in [1.29, 1.82) is 0 Å². The quantitative estimate of drug-likeness (QED) is 0.342. The Morgan fingerprint density at radius 2 is 1.89 bits per heavy atom. The van der Waals surface area contributed by atoms with Crippen LogP contribution in [0.1, 0.15) is 55.1 Å². The molecule has 11 heteroatoms. The van der Waals surface area contributed by atoms with Gasteiger partial charge in [0.15, 0.2) is 28.2 Å². The number of thiazole rings is 1. The lowest BCUT2D eigenvalue weighted by Crippen LogP contribution is -2.20. The maximum Gasteiger partial charge on any atom is 0.195 e. The van der Waals surface area contributed by atoms with Crippen molar-refractivity contribution in [1.82, 2.24) is 24.7 Å². The standard InChI is InChI=1S/C24H23F3N6OS/c1-32(2)24-31-23-21(35-24)20(15-5-6-16(25)19(27)18(15)26)29-22(30-23)12-7-8-34-17(9-12)13-10-28-33(11-13)14-3-4-14/h5-6,10-12,14,17H,3-4,7-9H2,1-2H3/t12-,17+/m0/s1. The van der Waals surface area contributed by atoms with Crippen LogP contribution in [0.3, 0.4) is 0 Å². The van der Waals surface area contributed by atoms with Gasteiger partial charge in [0.1, 0.15) is 10.5 Å². The summed E-state index contributed by atoms with van der Waals surface area (Å²) in [7, 11) is 3.68. The fraction of sp³-hybridized carbons (Fsp3) is 0.417. The number of halogens is 3. The van der Waals surface area contributed by atoms with Crippen molar-refractivity contribution in [2.24, 2.45) is 0 Å². The molecule has 7 nitrogen and oxygen atoms in total. The number of aromatic nitrogens is 5. The monoisotopic (exact) mass is 500 g/mol. The SMILES string of the molecule is CN(C)c1nc2nc([C@H]3CCO[C@@H](c4cnn(C5CC5)c4)C3)nc(-c3ccc(F)c(F)c3F)c2s1. The summed E-state index contributed by atoms with van der Waals surface area (Å²) >= 11 is 1.28. The van der Waals surface area contributed by atoms with E-state index < -0.39 is 17.5 Å². The summed E-state index contributed by atoms with van der Waals surface area (Å²) in [5.74, 6) is -3.61. The minimum Gasteiger partial charge on any atom is -0.373 e. The number of rotatable bonds is 5. The number of nitrogens with zero attached hydrogens (tertiary/aromatic N) is 6. The first-order valence-corrected chi connectivity index (χ1v) is 12.4. The van der Waals surface area contributed by atoms with E-state index in [4.69, 9.17) is 14.7 Å². The molecule has 0 bridgehead atoms. The highest BCUT2D eigenvalue weighted by molar-refractivity contribution is 7.22. The molecule has 1 saturated carbocycles. The van der Waals surface area contributed by atoms with Crippen molar-refractivity contribution in [2.75, 3.05) is 25.6 Å². The second-order valence-corrected chi connectivity index (χ2v) is 10.2. The molecule has 4 heterocycles. The van der Waals surface area contributed by atoms with E-state index in [-0.39, 0.29) is 23.3 Å². The number of fused-ring (bicyclic) bond motifs is 1. The lowest BCUT2D eigenvalue weighted by atomic mass is 9.92. The van der Waals surface area contributed by atoms with Gasteiger partial charge in [-0.3, -0.25) is 4.68 Å². The second kappa shape index (κ2) is 8.56. The first kappa shape index (κ1) is 22.4. The van der Waals surface area contributed by atoms with Crippen LogP contribution in [0.15, 0.2) is 24.5 Å². The molecule has 35 heavy (non-hydrogen) atoms. The van der Waals surface area contributed by atoms with Gasteiger partial charge < -0.3 is 9.64 Å². The Kier molecular flexibility index (Phi) is 5.48. The third kappa shape index (κ3) is 4.06. The van der Waals surface area contributed by atoms with Crippen LogP contribution in [0.4, 0.5) is 18.3 Å². The van der Waals surface area contributed by atoms with Crippen molar-refractivity contribution >= 4 is 26.8 Å². The topological polar surface area (TPSA) is 69.0 Å². The fourth-order valence-corrected chi connectivity index (χ4v) is 5.35. The van der Waals surface area contributed by atoms with Crippen molar-refractivity contribution < 1.29 is 17.9 Å². The van der Waals surface area contributed by atoms with E-state index in [0.717, 1.165) is 24.5 Å². The lowest BCUT2D eigenvalue weighted by Gasteiger charge is -2.28. The van der Waals surface area contributed by atoms with Gasteiger partial charge in [0.25, 0.3) is 0 Å². The van der Waals surface area contributed by atoms with Gasteiger partial charge in [-0.2, -0.15) is 10.1 Å². The molecule has 2 fully saturated rings. The fourth-order valence-electron chi connectivity index (χ4n) is 4.42. The van der Waals surface area contributed by atoms with Gasteiger partial charge in [-0.1, -0.05) is 11.3 Å². The molecule has 0 N–H and O–H groups in total.